The van der Waals surface area contributed by atoms with Gasteiger partial charge in [-0.15, -0.1) is 0 Å². The predicted molar refractivity (Wildman–Crippen MR) is 65.7 cm³/mol. The summed E-state index contributed by atoms with van der Waals surface area (Å²) < 4.78 is 9.96. The maximum absolute atomic E-state index is 8.96. The van der Waals surface area contributed by atoms with E-state index in [1.54, 1.807) is 0 Å². The molecule has 0 atom stereocenters. The second kappa shape index (κ2) is 7.38. The first-order valence-electron chi connectivity index (χ1n) is 4.87. The number of hydrogen-bond acceptors (Lipinski definition) is 4. The van der Waals surface area contributed by atoms with Gasteiger partial charge in [0.15, 0.2) is 11.5 Å². The van der Waals surface area contributed by atoms with Gasteiger partial charge < -0.3 is 19.5 Å². The highest BCUT2D eigenvalue weighted by molar-refractivity contribution is 6.62. The summed E-state index contributed by atoms with van der Waals surface area (Å²) in [4.78, 5) is 0. The molecule has 0 amide bonds. The monoisotopic (exact) mass is 246 g/mol. The van der Waals surface area contributed by atoms with E-state index < -0.39 is 7.12 Å². The van der Waals surface area contributed by atoms with Gasteiger partial charge in [0.1, 0.15) is 0 Å². The van der Waals surface area contributed by atoms with Crippen molar-refractivity contribution in [2.24, 2.45) is 0 Å². The molecule has 0 spiro atoms. The van der Waals surface area contributed by atoms with E-state index >= 15 is 0 Å². The standard InChI is InChI=1S/C8H10BClO4.C2H6/c1-13-7-3-5(9(11)12)6(10)4-8(7)14-2;1-2/h3-4,11-12H,1-2H3;1-2H3. The first-order chi connectivity index (χ1) is 7.60. The number of rotatable bonds is 3. The smallest absolute Gasteiger partial charge is 0.490 e. The van der Waals surface area contributed by atoms with Crippen molar-refractivity contribution >= 4 is 24.2 Å². The Hall–Kier alpha value is -0.905. The molecule has 1 rings (SSSR count). The van der Waals surface area contributed by atoms with E-state index in [0.717, 1.165) is 0 Å². The van der Waals surface area contributed by atoms with Crippen LogP contribution < -0.4 is 14.9 Å². The second-order valence-corrected chi connectivity index (χ2v) is 3.01. The predicted octanol–water partition coefficient (Wildman–Crippen LogP) is 1.06. The SMILES string of the molecule is CC.COc1cc(Cl)c(B(O)O)cc1OC. The van der Waals surface area contributed by atoms with Crippen LogP contribution in [0.3, 0.4) is 0 Å². The molecule has 0 fully saturated rings. The molecule has 6 heteroatoms. The molecule has 0 saturated carbocycles. The van der Waals surface area contributed by atoms with Gasteiger partial charge in [0.25, 0.3) is 0 Å². The van der Waals surface area contributed by atoms with Crippen LogP contribution in [0, 0.1) is 0 Å². The Bertz CT molecular complexity index is 331. The number of halogens is 1. The summed E-state index contributed by atoms with van der Waals surface area (Å²) in [6.45, 7) is 4.00. The first-order valence-corrected chi connectivity index (χ1v) is 5.25. The zero-order valence-corrected chi connectivity index (χ0v) is 10.6. The van der Waals surface area contributed by atoms with Crippen molar-refractivity contribution in [3.63, 3.8) is 0 Å². The van der Waals surface area contributed by atoms with Gasteiger partial charge in [0, 0.05) is 16.6 Å². The molecule has 0 bridgehead atoms. The second-order valence-electron chi connectivity index (χ2n) is 2.60. The molecular weight excluding hydrogens is 230 g/mol. The van der Waals surface area contributed by atoms with Gasteiger partial charge in [-0.2, -0.15) is 0 Å². The highest BCUT2D eigenvalue weighted by Gasteiger charge is 2.18. The lowest BCUT2D eigenvalue weighted by molar-refractivity contribution is 0.355. The van der Waals surface area contributed by atoms with E-state index in [1.165, 1.54) is 26.4 Å². The Morgan fingerprint density at radius 1 is 1.06 bits per heavy atom. The van der Waals surface area contributed by atoms with Crippen LogP contribution in [0.5, 0.6) is 11.5 Å². The van der Waals surface area contributed by atoms with Gasteiger partial charge in [-0.25, -0.2) is 0 Å². The zero-order chi connectivity index (χ0) is 12.7. The Morgan fingerprint density at radius 3 is 1.88 bits per heavy atom. The number of ether oxygens (including phenoxy) is 2. The van der Waals surface area contributed by atoms with Crippen LogP contribution in [0.4, 0.5) is 0 Å². The van der Waals surface area contributed by atoms with Crippen molar-refractivity contribution in [2.75, 3.05) is 14.2 Å². The highest BCUT2D eigenvalue weighted by atomic mass is 35.5. The molecule has 0 aliphatic heterocycles. The van der Waals surface area contributed by atoms with Crippen LogP contribution in [0.25, 0.3) is 0 Å². The molecular formula is C10H16BClO4. The van der Waals surface area contributed by atoms with E-state index in [4.69, 9.17) is 31.1 Å². The Morgan fingerprint density at radius 2 is 1.50 bits per heavy atom. The van der Waals surface area contributed by atoms with Gasteiger partial charge in [0.2, 0.25) is 0 Å². The molecule has 2 N–H and O–H groups in total. The van der Waals surface area contributed by atoms with Crippen molar-refractivity contribution in [3.05, 3.63) is 17.2 Å². The summed E-state index contributed by atoms with van der Waals surface area (Å²) >= 11 is 5.78. The van der Waals surface area contributed by atoms with Gasteiger partial charge in [-0.05, 0) is 6.07 Å². The maximum Gasteiger partial charge on any atom is 0.490 e. The zero-order valence-electron chi connectivity index (χ0n) is 9.82. The van der Waals surface area contributed by atoms with Crippen LogP contribution in [-0.4, -0.2) is 31.4 Å². The molecule has 0 saturated heterocycles. The van der Waals surface area contributed by atoms with E-state index in [9.17, 15) is 0 Å². The van der Waals surface area contributed by atoms with Gasteiger partial charge in [0.05, 0.1) is 14.2 Å². The third-order valence-electron chi connectivity index (χ3n) is 1.78. The van der Waals surface area contributed by atoms with E-state index in [2.05, 4.69) is 0 Å². The molecule has 4 nitrogen and oxygen atoms in total. The number of benzene rings is 1. The summed E-state index contributed by atoms with van der Waals surface area (Å²) in [5.74, 6) is 0.849. The summed E-state index contributed by atoms with van der Waals surface area (Å²) in [7, 11) is 1.31. The van der Waals surface area contributed by atoms with Crippen LogP contribution in [0.1, 0.15) is 13.8 Å². The number of hydrogen-bond donors (Lipinski definition) is 2. The lowest BCUT2D eigenvalue weighted by Gasteiger charge is -2.10. The van der Waals surface area contributed by atoms with E-state index in [1.807, 2.05) is 13.8 Å². The van der Waals surface area contributed by atoms with Crippen molar-refractivity contribution in [1.29, 1.82) is 0 Å². The van der Waals surface area contributed by atoms with E-state index in [0.29, 0.717) is 11.5 Å². The number of methoxy groups -OCH3 is 2. The summed E-state index contributed by atoms with van der Waals surface area (Å²) in [5.41, 5.74) is 0.185. The Kier molecular flexibility index (Phi) is 6.96. The van der Waals surface area contributed by atoms with Crippen LogP contribution >= 0.6 is 11.6 Å². The minimum Gasteiger partial charge on any atom is -0.493 e. The fraction of sp³-hybridized carbons (Fsp3) is 0.400. The molecule has 0 unspecified atom stereocenters. The van der Waals surface area contributed by atoms with Crippen molar-refractivity contribution in [2.45, 2.75) is 13.8 Å². The third-order valence-corrected chi connectivity index (χ3v) is 2.11. The van der Waals surface area contributed by atoms with Crippen LogP contribution in [0.2, 0.25) is 5.02 Å². The maximum atomic E-state index is 8.96. The minimum atomic E-state index is -1.62. The van der Waals surface area contributed by atoms with Crippen molar-refractivity contribution in [1.82, 2.24) is 0 Å². The summed E-state index contributed by atoms with van der Waals surface area (Å²) in [6.07, 6.45) is 0. The largest absolute Gasteiger partial charge is 0.493 e. The average molecular weight is 246 g/mol. The van der Waals surface area contributed by atoms with Crippen LogP contribution in [-0.2, 0) is 0 Å². The van der Waals surface area contributed by atoms with Crippen molar-refractivity contribution < 1.29 is 19.5 Å². The summed E-state index contributed by atoms with van der Waals surface area (Å²) in [5, 5.41) is 18.1. The molecule has 0 aliphatic carbocycles. The molecule has 0 aliphatic rings. The first kappa shape index (κ1) is 15.1. The van der Waals surface area contributed by atoms with Gasteiger partial charge in [-0.1, -0.05) is 25.4 Å². The quantitative estimate of drug-likeness (QED) is 0.783. The normalized spacial score (nSPS) is 8.94. The summed E-state index contributed by atoms with van der Waals surface area (Å²) in [6, 6.07) is 2.89. The molecule has 1 aromatic rings. The molecule has 0 radical (unpaired) electrons. The molecule has 90 valence electrons. The minimum absolute atomic E-state index is 0.185. The molecule has 0 heterocycles. The Balaban J connectivity index is 0.00000106. The third kappa shape index (κ3) is 3.59. The van der Waals surface area contributed by atoms with Gasteiger partial charge in [-0.3, -0.25) is 0 Å². The lowest BCUT2D eigenvalue weighted by atomic mass is 9.80. The van der Waals surface area contributed by atoms with Crippen molar-refractivity contribution in [3.8, 4) is 11.5 Å². The lowest BCUT2D eigenvalue weighted by Crippen LogP contribution is -2.30. The fourth-order valence-electron chi connectivity index (χ4n) is 1.07. The topological polar surface area (TPSA) is 58.9 Å². The van der Waals surface area contributed by atoms with E-state index in [-0.39, 0.29) is 10.5 Å². The van der Waals surface area contributed by atoms with Crippen LogP contribution in [0.15, 0.2) is 12.1 Å². The molecule has 1 aromatic carbocycles. The highest BCUT2D eigenvalue weighted by Crippen LogP contribution is 2.28. The molecule has 0 aromatic heterocycles. The average Bonchev–Trinajstić information content (AvgIpc) is 2.30. The fourth-order valence-corrected chi connectivity index (χ4v) is 1.32. The Labute approximate surface area is 101 Å². The molecule has 16 heavy (non-hydrogen) atoms. The van der Waals surface area contributed by atoms with Gasteiger partial charge >= 0.3 is 7.12 Å².